The van der Waals surface area contributed by atoms with Gasteiger partial charge in [-0.2, -0.15) is 0 Å². The lowest BCUT2D eigenvalue weighted by Gasteiger charge is -2.31. The molecule has 1 heterocycles. The third-order valence-electron chi connectivity index (χ3n) is 4.71. The quantitative estimate of drug-likeness (QED) is 0.638. The van der Waals surface area contributed by atoms with Crippen molar-refractivity contribution in [2.24, 2.45) is 0 Å². The summed E-state index contributed by atoms with van der Waals surface area (Å²) in [6.07, 6.45) is 3.71. The van der Waals surface area contributed by atoms with Crippen molar-refractivity contribution in [3.63, 3.8) is 0 Å². The summed E-state index contributed by atoms with van der Waals surface area (Å²) in [5.41, 5.74) is 2.73. The highest BCUT2D eigenvalue weighted by atomic mass is 16.2. The van der Waals surface area contributed by atoms with E-state index in [0.717, 1.165) is 16.7 Å². The Morgan fingerprint density at radius 3 is 2.14 bits per heavy atom. The molecule has 0 bridgehead atoms. The normalized spacial score (nSPS) is 11.5. The van der Waals surface area contributed by atoms with Gasteiger partial charge in [-0.1, -0.05) is 67.6 Å². The number of pyridine rings is 1. The molecule has 1 N–H and O–H groups in total. The number of carbonyl (C=O) groups is 2. The van der Waals surface area contributed by atoms with E-state index in [2.05, 4.69) is 10.3 Å². The summed E-state index contributed by atoms with van der Waals surface area (Å²) < 4.78 is 0. The van der Waals surface area contributed by atoms with Crippen molar-refractivity contribution in [1.29, 1.82) is 0 Å². The molecule has 148 valence electrons. The predicted octanol–water partition coefficient (Wildman–Crippen LogP) is 3.88. The molecule has 29 heavy (non-hydrogen) atoms. The maximum atomic E-state index is 13.2. The van der Waals surface area contributed by atoms with Gasteiger partial charge in [0.25, 0.3) is 0 Å². The fourth-order valence-electron chi connectivity index (χ4n) is 3.20. The van der Waals surface area contributed by atoms with Crippen molar-refractivity contribution in [3.05, 3.63) is 102 Å². The summed E-state index contributed by atoms with van der Waals surface area (Å²) in [4.78, 5) is 31.8. The Hall–Kier alpha value is -3.47. The second kappa shape index (κ2) is 10.2. The fraction of sp³-hybridized carbons (Fsp3) is 0.208. The smallest absolute Gasteiger partial charge is 0.247 e. The molecule has 2 aromatic carbocycles. The van der Waals surface area contributed by atoms with Gasteiger partial charge in [0, 0.05) is 31.9 Å². The van der Waals surface area contributed by atoms with Crippen molar-refractivity contribution in [2.45, 2.75) is 32.5 Å². The van der Waals surface area contributed by atoms with Gasteiger partial charge >= 0.3 is 0 Å². The SMILES string of the molecule is CCC(=O)N(Cc1ccccc1)C(C(=O)NCc1ccncc1)c1ccccc1. The number of nitrogens with one attached hydrogen (secondary N) is 1. The van der Waals surface area contributed by atoms with E-state index in [0.29, 0.717) is 19.5 Å². The Bertz CT molecular complexity index is 915. The van der Waals surface area contributed by atoms with E-state index in [9.17, 15) is 9.59 Å². The summed E-state index contributed by atoms with van der Waals surface area (Å²) >= 11 is 0. The van der Waals surface area contributed by atoms with Crippen LogP contribution < -0.4 is 5.32 Å². The zero-order valence-corrected chi connectivity index (χ0v) is 16.5. The Balaban J connectivity index is 1.89. The zero-order valence-electron chi connectivity index (χ0n) is 16.5. The molecule has 0 saturated carbocycles. The Morgan fingerprint density at radius 1 is 0.897 bits per heavy atom. The molecule has 1 aromatic heterocycles. The van der Waals surface area contributed by atoms with Gasteiger partial charge in [-0.3, -0.25) is 14.6 Å². The van der Waals surface area contributed by atoms with E-state index >= 15 is 0 Å². The number of rotatable bonds is 8. The van der Waals surface area contributed by atoms with Gasteiger partial charge in [-0.25, -0.2) is 0 Å². The highest BCUT2D eigenvalue weighted by Gasteiger charge is 2.30. The van der Waals surface area contributed by atoms with Gasteiger partial charge in [0.1, 0.15) is 6.04 Å². The topological polar surface area (TPSA) is 62.3 Å². The molecule has 0 aliphatic heterocycles. The van der Waals surface area contributed by atoms with Crippen LogP contribution in [-0.2, 0) is 22.7 Å². The fourth-order valence-corrected chi connectivity index (χ4v) is 3.20. The molecule has 3 rings (SSSR count). The molecule has 5 heteroatoms. The number of amides is 2. The lowest BCUT2D eigenvalue weighted by Crippen LogP contribution is -2.43. The Kier molecular flexibility index (Phi) is 7.11. The first-order valence-electron chi connectivity index (χ1n) is 9.74. The van der Waals surface area contributed by atoms with E-state index in [-0.39, 0.29) is 11.8 Å². The standard InChI is InChI=1S/C24H25N3O2/c1-2-22(28)27(18-20-9-5-3-6-10-20)23(21-11-7-4-8-12-21)24(29)26-17-19-13-15-25-16-14-19/h3-16,23H,2,17-18H2,1H3,(H,26,29). The summed E-state index contributed by atoms with van der Waals surface area (Å²) in [6.45, 7) is 2.57. The van der Waals surface area contributed by atoms with Crippen LogP contribution in [0.1, 0.15) is 36.1 Å². The number of aromatic nitrogens is 1. The van der Waals surface area contributed by atoms with Crippen molar-refractivity contribution in [1.82, 2.24) is 15.2 Å². The van der Waals surface area contributed by atoms with Crippen molar-refractivity contribution >= 4 is 11.8 Å². The summed E-state index contributed by atoms with van der Waals surface area (Å²) in [5.74, 6) is -0.271. The number of carbonyl (C=O) groups excluding carboxylic acids is 2. The molecular formula is C24H25N3O2. The second-order valence-corrected chi connectivity index (χ2v) is 6.75. The summed E-state index contributed by atoms with van der Waals surface area (Å²) in [7, 11) is 0. The Labute approximate surface area is 171 Å². The lowest BCUT2D eigenvalue weighted by molar-refractivity contribution is -0.141. The Morgan fingerprint density at radius 2 is 1.52 bits per heavy atom. The van der Waals surface area contributed by atoms with Gasteiger partial charge in [0.2, 0.25) is 11.8 Å². The number of hydrogen-bond donors (Lipinski definition) is 1. The van der Waals surface area contributed by atoms with Crippen LogP contribution in [0.5, 0.6) is 0 Å². The average Bonchev–Trinajstić information content (AvgIpc) is 2.79. The van der Waals surface area contributed by atoms with Crippen LogP contribution in [0.4, 0.5) is 0 Å². The number of nitrogens with zero attached hydrogens (tertiary/aromatic N) is 2. The molecule has 1 atom stereocenters. The minimum Gasteiger partial charge on any atom is -0.350 e. The van der Waals surface area contributed by atoms with E-state index in [1.54, 1.807) is 17.3 Å². The molecule has 0 fully saturated rings. The van der Waals surface area contributed by atoms with Crippen LogP contribution in [0.15, 0.2) is 85.2 Å². The molecule has 0 spiro atoms. The van der Waals surface area contributed by atoms with Crippen LogP contribution in [0.25, 0.3) is 0 Å². The maximum Gasteiger partial charge on any atom is 0.247 e. The van der Waals surface area contributed by atoms with E-state index in [1.165, 1.54) is 0 Å². The van der Waals surface area contributed by atoms with Gasteiger partial charge in [-0.05, 0) is 28.8 Å². The molecule has 5 nitrogen and oxygen atoms in total. The monoisotopic (exact) mass is 387 g/mol. The number of hydrogen-bond acceptors (Lipinski definition) is 3. The van der Waals surface area contributed by atoms with Crippen molar-refractivity contribution in [3.8, 4) is 0 Å². The van der Waals surface area contributed by atoms with Gasteiger partial charge in [-0.15, -0.1) is 0 Å². The van der Waals surface area contributed by atoms with Crippen LogP contribution in [0, 0.1) is 0 Å². The maximum absolute atomic E-state index is 13.2. The van der Waals surface area contributed by atoms with Gasteiger partial charge in [0.15, 0.2) is 0 Å². The van der Waals surface area contributed by atoms with Gasteiger partial charge in [0.05, 0.1) is 0 Å². The molecule has 3 aromatic rings. The van der Waals surface area contributed by atoms with Crippen LogP contribution in [0.2, 0.25) is 0 Å². The average molecular weight is 387 g/mol. The molecule has 1 unspecified atom stereocenters. The number of benzene rings is 2. The van der Waals surface area contributed by atoms with Crippen LogP contribution in [0.3, 0.4) is 0 Å². The first kappa shape index (κ1) is 20.3. The van der Waals surface area contributed by atoms with Gasteiger partial charge < -0.3 is 10.2 Å². The molecule has 0 aliphatic rings. The highest BCUT2D eigenvalue weighted by molar-refractivity contribution is 5.88. The molecule has 0 saturated heterocycles. The molecular weight excluding hydrogens is 362 g/mol. The molecule has 0 radical (unpaired) electrons. The first-order chi connectivity index (χ1) is 14.2. The first-order valence-corrected chi connectivity index (χ1v) is 9.74. The van der Waals surface area contributed by atoms with Crippen LogP contribution >= 0.6 is 0 Å². The summed E-state index contributed by atoms with van der Waals surface area (Å²) in [5, 5.41) is 2.98. The third-order valence-corrected chi connectivity index (χ3v) is 4.71. The lowest BCUT2D eigenvalue weighted by atomic mass is 10.0. The van der Waals surface area contributed by atoms with Crippen LogP contribution in [-0.4, -0.2) is 21.7 Å². The molecule has 2 amide bonds. The van der Waals surface area contributed by atoms with E-state index in [4.69, 9.17) is 0 Å². The predicted molar refractivity (Wildman–Crippen MR) is 113 cm³/mol. The third kappa shape index (κ3) is 5.51. The van der Waals surface area contributed by atoms with E-state index in [1.807, 2.05) is 79.7 Å². The summed E-state index contributed by atoms with van der Waals surface area (Å²) in [6, 6.07) is 22.2. The van der Waals surface area contributed by atoms with E-state index < -0.39 is 6.04 Å². The molecule has 0 aliphatic carbocycles. The second-order valence-electron chi connectivity index (χ2n) is 6.75. The largest absolute Gasteiger partial charge is 0.350 e. The minimum atomic E-state index is -0.703. The van der Waals surface area contributed by atoms with Crippen molar-refractivity contribution in [2.75, 3.05) is 0 Å². The van der Waals surface area contributed by atoms with Crippen molar-refractivity contribution < 1.29 is 9.59 Å². The zero-order chi connectivity index (χ0) is 20.5. The highest BCUT2D eigenvalue weighted by Crippen LogP contribution is 2.24. The minimum absolute atomic E-state index is 0.0678.